The molecule has 96 valence electrons. The molecule has 0 radical (unpaired) electrons. The van der Waals surface area contributed by atoms with Gasteiger partial charge in [-0.05, 0) is 31.3 Å². The Morgan fingerprint density at radius 2 is 2.11 bits per heavy atom. The molecule has 0 amide bonds. The maximum atomic E-state index is 5.82. The molecule has 4 nitrogen and oxygen atoms in total. The molecule has 0 fully saturated rings. The summed E-state index contributed by atoms with van der Waals surface area (Å²) in [5.41, 5.74) is 1.11. The lowest BCUT2D eigenvalue weighted by Gasteiger charge is -2.15. The molecule has 0 aliphatic carbocycles. The number of aryl methyl sites for hydroxylation is 1. The number of nitrogens with zero attached hydrogens (tertiary/aromatic N) is 2. The highest BCUT2D eigenvalue weighted by molar-refractivity contribution is 6.30. The maximum Gasteiger partial charge on any atom is 0.119 e. The van der Waals surface area contributed by atoms with E-state index in [1.54, 1.807) is 4.68 Å². The van der Waals surface area contributed by atoms with Crippen molar-refractivity contribution in [3.8, 4) is 5.75 Å². The molecular formula is C13H16ClN3O. The minimum absolute atomic E-state index is 0.120. The normalized spacial score (nSPS) is 12.4. The summed E-state index contributed by atoms with van der Waals surface area (Å²) in [7, 11) is 3.80. The van der Waals surface area contributed by atoms with Crippen LogP contribution in [0.15, 0.2) is 36.7 Å². The second-order valence-corrected chi connectivity index (χ2v) is 4.49. The van der Waals surface area contributed by atoms with Crippen molar-refractivity contribution in [3.63, 3.8) is 0 Å². The number of ether oxygens (including phenoxy) is 1. The number of aromatic nitrogens is 2. The SMILES string of the molecule is CNC(COc1ccc(Cl)cc1)c1cnn(C)c1. The van der Waals surface area contributed by atoms with E-state index in [-0.39, 0.29) is 6.04 Å². The van der Waals surface area contributed by atoms with Crippen LogP contribution in [-0.4, -0.2) is 23.4 Å². The third kappa shape index (κ3) is 3.24. The Bertz CT molecular complexity index is 495. The van der Waals surface area contributed by atoms with Crippen molar-refractivity contribution in [2.75, 3.05) is 13.7 Å². The van der Waals surface area contributed by atoms with E-state index in [0.717, 1.165) is 11.3 Å². The predicted molar refractivity (Wildman–Crippen MR) is 72.0 cm³/mol. The van der Waals surface area contributed by atoms with Crippen LogP contribution in [0, 0.1) is 0 Å². The summed E-state index contributed by atoms with van der Waals surface area (Å²) in [6.07, 6.45) is 3.82. The van der Waals surface area contributed by atoms with Crippen LogP contribution in [0.4, 0.5) is 0 Å². The van der Waals surface area contributed by atoms with Crippen LogP contribution in [0.1, 0.15) is 11.6 Å². The molecule has 0 spiro atoms. The van der Waals surface area contributed by atoms with Gasteiger partial charge in [-0.2, -0.15) is 5.10 Å². The first-order valence-corrected chi connectivity index (χ1v) is 6.11. The zero-order valence-electron chi connectivity index (χ0n) is 10.4. The Labute approximate surface area is 112 Å². The average molecular weight is 266 g/mol. The van der Waals surface area contributed by atoms with Gasteiger partial charge in [-0.15, -0.1) is 0 Å². The summed E-state index contributed by atoms with van der Waals surface area (Å²) in [6.45, 7) is 0.545. The molecular weight excluding hydrogens is 250 g/mol. The standard InChI is InChI=1S/C13H16ClN3O/c1-15-13(10-7-16-17(2)8-10)9-18-12-5-3-11(14)4-6-12/h3-8,13,15H,9H2,1-2H3. The molecule has 1 aromatic heterocycles. The Kier molecular flexibility index (Phi) is 4.23. The largest absolute Gasteiger partial charge is 0.492 e. The van der Waals surface area contributed by atoms with E-state index in [2.05, 4.69) is 10.4 Å². The number of benzene rings is 1. The van der Waals surface area contributed by atoms with E-state index in [4.69, 9.17) is 16.3 Å². The van der Waals surface area contributed by atoms with Gasteiger partial charge in [0.15, 0.2) is 0 Å². The molecule has 1 N–H and O–H groups in total. The fraction of sp³-hybridized carbons (Fsp3) is 0.308. The lowest BCUT2D eigenvalue weighted by atomic mass is 10.2. The van der Waals surface area contributed by atoms with Crippen LogP contribution in [0.5, 0.6) is 5.75 Å². The highest BCUT2D eigenvalue weighted by Gasteiger charge is 2.11. The van der Waals surface area contributed by atoms with Crippen molar-refractivity contribution in [3.05, 3.63) is 47.2 Å². The van der Waals surface area contributed by atoms with Crippen LogP contribution in [0.25, 0.3) is 0 Å². The minimum atomic E-state index is 0.120. The van der Waals surface area contributed by atoms with Gasteiger partial charge < -0.3 is 10.1 Å². The van der Waals surface area contributed by atoms with Gasteiger partial charge in [-0.25, -0.2) is 0 Å². The smallest absolute Gasteiger partial charge is 0.119 e. The highest BCUT2D eigenvalue weighted by Crippen LogP contribution is 2.18. The van der Waals surface area contributed by atoms with Gasteiger partial charge in [-0.1, -0.05) is 11.6 Å². The minimum Gasteiger partial charge on any atom is -0.492 e. The van der Waals surface area contributed by atoms with E-state index in [9.17, 15) is 0 Å². The summed E-state index contributed by atoms with van der Waals surface area (Å²) < 4.78 is 7.50. The van der Waals surface area contributed by atoms with Gasteiger partial charge in [-0.3, -0.25) is 4.68 Å². The Balaban J connectivity index is 1.97. The molecule has 0 bridgehead atoms. The summed E-state index contributed by atoms with van der Waals surface area (Å²) in [5, 5.41) is 8.07. The van der Waals surface area contributed by atoms with E-state index < -0.39 is 0 Å². The van der Waals surface area contributed by atoms with Crippen LogP contribution < -0.4 is 10.1 Å². The molecule has 0 saturated carbocycles. The topological polar surface area (TPSA) is 39.1 Å². The molecule has 1 aromatic carbocycles. The van der Waals surface area contributed by atoms with Crippen molar-refractivity contribution >= 4 is 11.6 Å². The second-order valence-electron chi connectivity index (χ2n) is 4.05. The quantitative estimate of drug-likeness (QED) is 0.902. The monoisotopic (exact) mass is 265 g/mol. The molecule has 1 unspecified atom stereocenters. The van der Waals surface area contributed by atoms with Crippen molar-refractivity contribution in [2.45, 2.75) is 6.04 Å². The number of nitrogens with one attached hydrogen (secondary N) is 1. The number of halogens is 1. The average Bonchev–Trinajstić information content (AvgIpc) is 2.79. The van der Waals surface area contributed by atoms with Gasteiger partial charge in [0.2, 0.25) is 0 Å². The summed E-state index contributed by atoms with van der Waals surface area (Å²) >= 11 is 5.82. The first-order valence-electron chi connectivity index (χ1n) is 5.73. The molecule has 5 heteroatoms. The van der Waals surface area contributed by atoms with Crippen LogP contribution >= 0.6 is 11.6 Å². The van der Waals surface area contributed by atoms with E-state index in [0.29, 0.717) is 11.6 Å². The number of rotatable bonds is 5. The molecule has 18 heavy (non-hydrogen) atoms. The molecule has 1 atom stereocenters. The van der Waals surface area contributed by atoms with Gasteiger partial charge in [0, 0.05) is 23.8 Å². The van der Waals surface area contributed by atoms with Crippen molar-refractivity contribution < 1.29 is 4.74 Å². The van der Waals surface area contributed by atoms with Crippen molar-refractivity contribution in [2.24, 2.45) is 7.05 Å². The molecule has 0 aliphatic rings. The number of hydrogen-bond donors (Lipinski definition) is 1. The summed E-state index contributed by atoms with van der Waals surface area (Å²) in [4.78, 5) is 0. The lowest BCUT2D eigenvalue weighted by Crippen LogP contribution is -2.22. The van der Waals surface area contributed by atoms with E-state index in [1.165, 1.54) is 0 Å². The van der Waals surface area contributed by atoms with E-state index in [1.807, 2.05) is 50.8 Å². The van der Waals surface area contributed by atoms with Gasteiger partial charge in [0.25, 0.3) is 0 Å². The van der Waals surface area contributed by atoms with Crippen molar-refractivity contribution in [1.29, 1.82) is 0 Å². The molecule has 2 rings (SSSR count). The first kappa shape index (κ1) is 12.9. The van der Waals surface area contributed by atoms with Crippen molar-refractivity contribution in [1.82, 2.24) is 15.1 Å². The number of likely N-dealkylation sites (N-methyl/N-ethyl adjacent to an activating group) is 1. The van der Waals surface area contributed by atoms with Crippen LogP contribution in [-0.2, 0) is 7.05 Å². The van der Waals surface area contributed by atoms with Gasteiger partial charge in [0.05, 0.1) is 12.2 Å². The Morgan fingerprint density at radius 3 is 2.67 bits per heavy atom. The maximum absolute atomic E-state index is 5.82. The fourth-order valence-electron chi connectivity index (χ4n) is 1.68. The predicted octanol–water partition coefficient (Wildman–Crippen LogP) is 2.41. The fourth-order valence-corrected chi connectivity index (χ4v) is 1.80. The first-order chi connectivity index (χ1) is 8.69. The zero-order valence-corrected chi connectivity index (χ0v) is 11.2. The highest BCUT2D eigenvalue weighted by atomic mass is 35.5. The molecule has 0 aliphatic heterocycles. The Hall–Kier alpha value is -1.52. The summed E-state index contributed by atoms with van der Waals surface area (Å²) in [6, 6.07) is 7.47. The van der Waals surface area contributed by atoms with Crippen LogP contribution in [0.3, 0.4) is 0 Å². The molecule has 0 saturated heterocycles. The third-order valence-corrected chi connectivity index (χ3v) is 2.96. The number of hydrogen-bond acceptors (Lipinski definition) is 3. The second kappa shape index (κ2) is 5.89. The van der Waals surface area contributed by atoms with Gasteiger partial charge in [0.1, 0.15) is 12.4 Å². The van der Waals surface area contributed by atoms with Gasteiger partial charge >= 0.3 is 0 Å². The lowest BCUT2D eigenvalue weighted by molar-refractivity contribution is 0.273. The Morgan fingerprint density at radius 1 is 1.39 bits per heavy atom. The molecule has 2 aromatic rings. The van der Waals surface area contributed by atoms with Crippen LogP contribution in [0.2, 0.25) is 5.02 Å². The third-order valence-electron chi connectivity index (χ3n) is 2.71. The molecule has 1 heterocycles. The zero-order chi connectivity index (χ0) is 13.0. The van der Waals surface area contributed by atoms with E-state index >= 15 is 0 Å². The summed E-state index contributed by atoms with van der Waals surface area (Å²) in [5.74, 6) is 0.809.